The Morgan fingerprint density at radius 3 is 2.62 bits per heavy atom. The molecule has 40 heavy (non-hydrogen) atoms. The van der Waals surface area contributed by atoms with E-state index in [2.05, 4.69) is 12.2 Å². The predicted octanol–water partition coefficient (Wildman–Crippen LogP) is 8.16. The van der Waals surface area contributed by atoms with Gasteiger partial charge in [-0.05, 0) is 48.9 Å². The minimum absolute atomic E-state index is 0.0317. The molecule has 2 amide bonds. The standard InChI is InChI=1S/C31H36ClFN2O4S/c1-2-3-4-5-6-7-8-9-16-39-27-15-13-25(33)24(30(27)32)20-35-26-14-12-22(18-28(26)40-21-29(35)36)31(37)34-19-23-11-10-17-38-23/h10-15,17-18H,2-9,16,19-21H2,1H3,(H,34,37). The summed E-state index contributed by atoms with van der Waals surface area (Å²) in [5.41, 5.74) is 1.29. The zero-order valence-electron chi connectivity index (χ0n) is 22.8. The van der Waals surface area contributed by atoms with Crippen molar-refractivity contribution >= 4 is 40.9 Å². The summed E-state index contributed by atoms with van der Waals surface area (Å²) in [5.74, 6) is 0.347. The first-order valence-corrected chi connectivity index (χ1v) is 15.3. The Morgan fingerprint density at radius 2 is 1.88 bits per heavy atom. The smallest absolute Gasteiger partial charge is 0.251 e. The normalized spacial score (nSPS) is 12.9. The molecule has 0 atom stereocenters. The number of ether oxygens (including phenoxy) is 1. The Labute approximate surface area is 244 Å². The summed E-state index contributed by atoms with van der Waals surface area (Å²) in [6.45, 7) is 2.97. The minimum Gasteiger partial charge on any atom is -0.492 e. The first-order chi connectivity index (χ1) is 19.5. The molecule has 0 radical (unpaired) electrons. The van der Waals surface area contributed by atoms with Gasteiger partial charge in [0.1, 0.15) is 17.3 Å². The number of fused-ring (bicyclic) bond motifs is 1. The number of unbranched alkanes of at least 4 members (excludes halogenated alkanes) is 7. The molecule has 0 saturated heterocycles. The molecular formula is C31H36ClFN2O4S. The lowest BCUT2D eigenvalue weighted by atomic mass is 10.1. The summed E-state index contributed by atoms with van der Waals surface area (Å²) < 4.78 is 26.1. The van der Waals surface area contributed by atoms with Gasteiger partial charge in [-0.25, -0.2) is 4.39 Å². The number of carbonyl (C=O) groups excluding carboxylic acids is 2. The number of rotatable bonds is 15. The Balaban J connectivity index is 1.37. The number of nitrogens with zero attached hydrogens (tertiary/aromatic N) is 1. The summed E-state index contributed by atoms with van der Waals surface area (Å²) in [7, 11) is 0. The molecule has 4 rings (SSSR count). The van der Waals surface area contributed by atoms with Crippen LogP contribution in [-0.2, 0) is 17.9 Å². The molecule has 214 valence electrons. The van der Waals surface area contributed by atoms with Crippen molar-refractivity contribution < 1.29 is 23.1 Å². The topological polar surface area (TPSA) is 71.8 Å². The second-order valence-electron chi connectivity index (χ2n) is 9.87. The van der Waals surface area contributed by atoms with Gasteiger partial charge in [0, 0.05) is 16.0 Å². The van der Waals surface area contributed by atoms with Crippen LogP contribution in [0.2, 0.25) is 5.02 Å². The largest absolute Gasteiger partial charge is 0.492 e. The van der Waals surface area contributed by atoms with Crippen molar-refractivity contribution in [1.29, 1.82) is 0 Å². The van der Waals surface area contributed by atoms with E-state index in [4.69, 9.17) is 20.8 Å². The molecule has 1 aliphatic rings. The molecule has 3 aromatic rings. The maximum Gasteiger partial charge on any atom is 0.251 e. The lowest BCUT2D eigenvalue weighted by Gasteiger charge is -2.30. The zero-order valence-corrected chi connectivity index (χ0v) is 24.4. The molecular weight excluding hydrogens is 551 g/mol. The molecule has 0 spiro atoms. The maximum absolute atomic E-state index is 14.9. The molecule has 0 aliphatic carbocycles. The summed E-state index contributed by atoms with van der Waals surface area (Å²) >= 11 is 7.95. The van der Waals surface area contributed by atoms with Gasteiger partial charge < -0.3 is 19.4 Å². The highest BCUT2D eigenvalue weighted by atomic mass is 35.5. The molecule has 0 bridgehead atoms. The highest BCUT2D eigenvalue weighted by Crippen LogP contribution is 2.39. The average Bonchev–Trinajstić information content (AvgIpc) is 3.48. The van der Waals surface area contributed by atoms with Crippen molar-refractivity contribution in [2.24, 2.45) is 0 Å². The third-order valence-corrected chi connectivity index (χ3v) is 8.33. The van der Waals surface area contributed by atoms with Crippen LogP contribution in [0.15, 0.2) is 58.0 Å². The van der Waals surface area contributed by atoms with E-state index in [1.807, 2.05) is 0 Å². The number of halogens is 2. The third-order valence-electron chi connectivity index (χ3n) is 6.89. The minimum atomic E-state index is -0.495. The quantitative estimate of drug-likeness (QED) is 0.182. The molecule has 1 aliphatic heterocycles. The van der Waals surface area contributed by atoms with E-state index in [-0.39, 0.29) is 41.2 Å². The van der Waals surface area contributed by atoms with Gasteiger partial charge in [-0.1, -0.05) is 63.5 Å². The molecule has 1 N–H and O–H groups in total. The second-order valence-corrected chi connectivity index (χ2v) is 11.3. The van der Waals surface area contributed by atoms with E-state index in [9.17, 15) is 14.0 Å². The van der Waals surface area contributed by atoms with Crippen LogP contribution in [0.5, 0.6) is 5.75 Å². The zero-order chi connectivity index (χ0) is 28.3. The van der Waals surface area contributed by atoms with Crippen molar-refractivity contribution in [2.45, 2.75) is 76.3 Å². The van der Waals surface area contributed by atoms with Gasteiger partial charge in [-0.3, -0.25) is 9.59 Å². The Bertz CT molecular complexity index is 1280. The van der Waals surface area contributed by atoms with Crippen LogP contribution < -0.4 is 15.0 Å². The highest BCUT2D eigenvalue weighted by molar-refractivity contribution is 8.00. The van der Waals surface area contributed by atoms with Crippen LogP contribution >= 0.6 is 23.4 Å². The number of amides is 2. The van der Waals surface area contributed by atoms with E-state index in [1.165, 1.54) is 61.3 Å². The Kier molecular flexibility index (Phi) is 11.4. The third kappa shape index (κ3) is 8.04. The fraction of sp³-hybridized carbons (Fsp3) is 0.419. The number of benzene rings is 2. The van der Waals surface area contributed by atoms with Gasteiger partial charge in [-0.2, -0.15) is 0 Å². The summed E-state index contributed by atoms with van der Waals surface area (Å²) in [5, 5.41) is 3.01. The second kappa shape index (κ2) is 15.1. The number of thioether (sulfide) groups is 1. The lowest BCUT2D eigenvalue weighted by Crippen LogP contribution is -2.35. The van der Waals surface area contributed by atoms with Crippen molar-refractivity contribution in [3.63, 3.8) is 0 Å². The Morgan fingerprint density at radius 1 is 1.10 bits per heavy atom. The first kappa shape index (κ1) is 30.0. The fourth-order valence-electron chi connectivity index (χ4n) is 4.61. The van der Waals surface area contributed by atoms with Crippen LogP contribution in [0.25, 0.3) is 0 Å². The average molecular weight is 587 g/mol. The van der Waals surface area contributed by atoms with Crippen molar-refractivity contribution in [3.05, 3.63) is 76.5 Å². The van der Waals surface area contributed by atoms with E-state index >= 15 is 0 Å². The van der Waals surface area contributed by atoms with Gasteiger partial charge in [0.2, 0.25) is 5.91 Å². The molecule has 1 aromatic heterocycles. The predicted molar refractivity (Wildman–Crippen MR) is 158 cm³/mol. The molecule has 0 saturated carbocycles. The van der Waals surface area contributed by atoms with E-state index < -0.39 is 5.82 Å². The first-order valence-electron chi connectivity index (χ1n) is 14.0. The number of nitrogens with one attached hydrogen (secondary N) is 1. The molecule has 9 heteroatoms. The molecule has 2 heterocycles. The van der Waals surface area contributed by atoms with E-state index in [0.717, 1.165) is 17.7 Å². The molecule has 0 unspecified atom stereocenters. The van der Waals surface area contributed by atoms with E-state index in [0.29, 0.717) is 29.4 Å². The molecule has 0 fully saturated rings. The number of anilines is 1. The number of furan rings is 1. The van der Waals surface area contributed by atoms with Crippen LogP contribution in [-0.4, -0.2) is 24.2 Å². The summed E-state index contributed by atoms with van der Waals surface area (Å²) in [4.78, 5) is 27.8. The van der Waals surface area contributed by atoms with Crippen LogP contribution in [0.3, 0.4) is 0 Å². The van der Waals surface area contributed by atoms with Crippen LogP contribution in [0.1, 0.15) is 80.0 Å². The maximum atomic E-state index is 14.9. The highest BCUT2D eigenvalue weighted by Gasteiger charge is 2.28. The lowest BCUT2D eigenvalue weighted by molar-refractivity contribution is -0.116. The fourth-order valence-corrected chi connectivity index (χ4v) is 5.85. The van der Waals surface area contributed by atoms with Gasteiger partial charge in [0.25, 0.3) is 5.91 Å². The van der Waals surface area contributed by atoms with Gasteiger partial charge in [0.15, 0.2) is 0 Å². The number of hydrogen-bond donors (Lipinski definition) is 1. The van der Waals surface area contributed by atoms with Crippen molar-refractivity contribution in [2.75, 3.05) is 17.3 Å². The SMILES string of the molecule is CCCCCCCCCCOc1ccc(F)c(CN2C(=O)CSc3cc(C(=O)NCc4ccco4)ccc32)c1Cl. The van der Waals surface area contributed by atoms with Crippen molar-refractivity contribution in [3.8, 4) is 5.75 Å². The number of carbonyl (C=O) groups is 2. The summed E-state index contributed by atoms with van der Waals surface area (Å²) in [6, 6.07) is 11.5. The summed E-state index contributed by atoms with van der Waals surface area (Å²) in [6.07, 6.45) is 11.1. The number of hydrogen-bond acceptors (Lipinski definition) is 5. The van der Waals surface area contributed by atoms with Gasteiger partial charge in [0.05, 0.1) is 42.4 Å². The molecule has 2 aromatic carbocycles. The van der Waals surface area contributed by atoms with Crippen LogP contribution in [0, 0.1) is 5.82 Å². The monoisotopic (exact) mass is 586 g/mol. The Hall–Kier alpha value is -2.97. The van der Waals surface area contributed by atoms with Crippen molar-refractivity contribution in [1.82, 2.24) is 5.32 Å². The van der Waals surface area contributed by atoms with Crippen LogP contribution in [0.4, 0.5) is 10.1 Å². The molecule has 6 nitrogen and oxygen atoms in total. The van der Waals surface area contributed by atoms with E-state index in [1.54, 1.807) is 42.7 Å². The van der Waals surface area contributed by atoms with Gasteiger partial charge >= 0.3 is 0 Å². The van der Waals surface area contributed by atoms with Gasteiger partial charge in [-0.15, -0.1) is 11.8 Å².